The van der Waals surface area contributed by atoms with Crippen LogP contribution in [0.15, 0.2) is 42.5 Å². The molecule has 0 saturated carbocycles. The topological polar surface area (TPSA) is 58.4 Å². The maximum absolute atomic E-state index is 13.1. The molecule has 0 spiro atoms. The first-order chi connectivity index (χ1) is 13.3. The van der Waals surface area contributed by atoms with E-state index in [1.807, 2.05) is 24.3 Å². The lowest BCUT2D eigenvalue weighted by Crippen LogP contribution is -2.42. The predicted molar refractivity (Wildman–Crippen MR) is 117 cm³/mol. The Hall–Kier alpha value is -2.04. The van der Waals surface area contributed by atoms with Crippen LogP contribution in [0.2, 0.25) is 5.02 Å². The number of benzene rings is 2. The first kappa shape index (κ1) is 20.7. The summed E-state index contributed by atoms with van der Waals surface area (Å²) in [6.45, 7) is 9.71. The van der Waals surface area contributed by atoms with E-state index >= 15 is 0 Å². The third-order valence-electron chi connectivity index (χ3n) is 5.64. The fraction of sp³-hybridized carbons (Fsp3) is 0.435. The molecule has 2 unspecified atom stereocenters. The van der Waals surface area contributed by atoms with Crippen molar-refractivity contribution in [3.63, 3.8) is 0 Å². The van der Waals surface area contributed by atoms with Crippen LogP contribution in [0.3, 0.4) is 0 Å². The number of carbonyl (C=O) groups is 1. The minimum atomic E-state index is -0.203. The number of rotatable bonds is 6. The number of hydrogen-bond donors (Lipinski definition) is 2. The van der Waals surface area contributed by atoms with Gasteiger partial charge in [0.15, 0.2) is 0 Å². The van der Waals surface area contributed by atoms with Crippen molar-refractivity contribution in [2.45, 2.75) is 58.2 Å². The average Bonchev–Trinajstić information content (AvgIpc) is 2.65. The standard InChI is InChI=1S/C23H30ClN3O/c1-14(2)27(15(3)4)12-11-19-17-7-5-6-8-18(17)22(26-23(19)28)16-9-10-20(24)21(25)13-16/h5-10,13-15,19,22H,11-12,25H2,1-4H3,(H,26,28). The highest BCUT2D eigenvalue weighted by Gasteiger charge is 2.34. The Morgan fingerprint density at radius 2 is 1.71 bits per heavy atom. The summed E-state index contributed by atoms with van der Waals surface area (Å²) >= 11 is 6.08. The first-order valence-corrected chi connectivity index (χ1v) is 10.4. The highest BCUT2D eigenvalue weighted by Crippen LogP contribution is 2.37. The fourth-order valence-electron chi connectivity index (χ4n) is 4.24. The molecule has 3 rings (SSSR count). The second-order valence-corrected chi connectivity index (χ2v) is 8.53. The van der Waals surface area contributed by atoms with Crippen molar-refractivity contribution in [1.29, 1.82) is 0 Å². The molecule has 1 aliphatic rings. The van der Waals surface area contributed by atoms with Crippen molar-refractivity contribution < 1.29 is 4.79 Å². The Morgan fingerprint density at radius 1 is 1.07 bits per heavy atom. The minimum Gasteiger partial charge on any atom is -0.398 e. The Morgan fingerprint density at radius 3 is 2.32 bits per heavy atom. The van der Waals surface area contributed by atoms with E-state index in [2.05, 4.69) is 50.0 Å². The number of nitrogen functional groups attached to an aromatic ring is 1. The van der Waals surface area contributed by atoms with Gasteiger partial charge in [0.25, 0.3) is 0 Å². The molecule has 2 aromatic rings. The third kappa shape index (κ3) is 4.18. The number of fused-ring (bicyclic) bond motifs is 1. The van der Waals surface area contributed by atoms with Gasteiger partial charge in [-0.25, -0.2) is 0 Å². The van der Waals surface area contributed by atoms with Gasteiger partial charge in [0, 0.05) is 12.1 Å². The maximum Gasteiger partial charge on any atom is 0.228 e. The van der Waals surface area contributed by atoms with Crippen LogP contribution >= 0.6 is 11.6 Å². The number of hydrogen-bond acceptors (Lipinski definition) is 3. The molecule has 4 nitrogen and oxygen atoms in total. The highest BCUT2D eigenvalue weighted by molar-refractivity contribution is 6.33. The molecule has 2 atom stereocenters. The van der Waals surface area contributed by atoms with Crippen LogP contribution in [0.5, 0.6) is 0 Å². The number of nitrogens with zero attached hydrogens (tertiary/aromatic N) is 1. The van der Waals surface area contributed by atoms with E-state index in [1.54, 1.807) is 6.07 Å². The summed E-state index contributed by atoms with van der Waals surface area (Å²) in [5.41, 5.74) is 9.72. The first-order valence-electron chi connectivity index (χ1n) is 9.99. The summed E-state index contributed by atoms with van der Waals surface area (Å²) in [6.07, 6.45) is 0.800. The lowest BCUT2D eigenvalue weighted by atomic mass is 9.82. The summed E-state index contributed by atoms with van der Waals surface area (Å²) in [5.74, 6) is -0.0678. The fourth-order valence-corrected chi connectivity index (χ4v) is 4.35. The summed E-state index contributed by atoms with van der Waals surface area (Å²) in [6, 6.07) is 14.5. The van der Waals surface area contributed by atoms with Crippen LogP contribution in [0.1, 0.15) is 62.8 Å². The van der Waals surface area contributed by atoms with Crippen LogP contribution < -0.4 is 11.1 Å². The Kier molecular flexibility index (Phi) is 6.31. The van der Waals surface area contributed by atoms with Crippen molar-refractivity contribution in [2.24, 2.45) is 0 Å². The maximum atomic E-state index is 13.1. The number of carbonyl (C=O) groups excluding carboxylic acids is 1. The lowest BCUT2D eigenvalue weighted by molar-refractivity contribution is -0.124. The second kappa shape index (κ2) is 8.54. The van der Waals surface area contributed by atoms with Gasteiger partial charge in [-0.3, -0.25) is 9.69 Å². The number of nitrogens with two attached hydrogens (primary N) is 1. The summed E-state index contributed by atoms with van der Waals surface area (Å²) in [5, 5.41) is 3.74. The van der Waals surface area contributed by atoms with E-state index in [9.17, 15) is 4.79 Å². The zero-order valence-electron chi connectivity index (χ0n) is 17.1. The normalized spacial score (nSPS) is 19.2. The number of amides is 1. The van der Waals surface area contributed by atoms with Gasteiger partial charge >= 0.3 is 0 Å². The third-order valence-corrected chi connectivity index (χ3v) is 5.99. The average molecular weight is 400 g/mol. The van der Waals surface area contributed by atoms with E-state index < -0.39 is 0 Å². The molecular formula is C23H30ClN3O. The molecule has 0 bridgehead atoms. The number of anilines is 1. The van der Waals surface area contributed by atoms with Gasteiger partial charge in [-0.2, -0.15) is 0 Å². The Bertz CT molecular complexity index is 841. The zero-order chi connectivity index (χ0) is 20.4. The molecule has 1 aliphatic heterocycles. The second-order valence-electron chi connectivity index (χ2n) is 8.12. The molecule has 0 radical (unpaired) electrons. The van der Waals surface area contributed by atoms with Crippen molar-refractivity contribution in [3.8, 4) is 0 Å². The number of nitrogens with one attached hydrogen (secondary N) is 1. The summed E-state index contributed by atoms with van der Waals surface area (Å²) in [7, 11) is 0. The molecule has 3 N–H and O–H groups in total. The van der Waals surface area contributed by atoms with Crippen LogP contribution in [0.4, 0.5) is 5.69 Å². The molecule has 1 heterocycles. The van der Waals surface area contributed by atoms with Gasteiger partial charge in [-0.05, 0) is 69.5 Å². The minimum absolute atomic E-state index is 0.0738. The monoisotopic (exact) mass is 399 g/mol. The van der Waals surface area contributed by atoms with E-state index in [4.69, 9.17) is 17.3 Å². The molecular weight excluding hydrogens is 370 g/mol. The van der Waals surface area contributed by atoms with Crippen molar-refractivity contribution in [1.82, 2.24) is 10.2 Å². The molecule has 150 valence electrons. The van der Waals surface area contributed by atoms with E-state index in [0.29, 0.717) is 22.8 Å². The Balaban J connectivity index is 1.90. The van der Waals surface area contributed by atoms with Gasteiger partial charge in [0.05, 0.1) is 22.7 Å². The molecule has 0 aromatic heterocycles. The molecule has 1 amide bonds. The molecule has 5 heteroatoms. The van der Waals surface area contributed by atoms with Gasteiger partial charge in [0.1, 0.15) is 0 Å². The molecule has 0 fully saturated rings. The van der Waals surface area contributed by atoms with E-state index in [-0.39, 0.29) is 17.9 Å². The SMILES string of the molecule is CC(C)N(CCC1C(=O)NC(c2ccc(Cl)c(N)c2)c2ccccc21)C(C)C. The predicted octanol–water partition coefficient (Wildman–Crippen LogP) is 4.73. The summed E-state index contributed by atoms with van der Waals surface area (Å²) in [4.78, 5) is 15.5. The van der Waals surface area contributed by atoms with Gasteiger partial charge in [0.2, 0.25) is 5.91 Å². The quantitative estimate of drug-likeness (QED) is 0.690. The molecule has 0 saturated heterocycles. The van der Waals surface area contributed by atoms with E-state index in [0.717, 1.165) is 29.7 Å². The smallest absolute Gasteiger partial charge is 0.228 e. The van der Waals surface area contributed by atoms with Crippen molar-refractivity contribution in [3.05, 3.63) is 64.2 Å². The molecule has 2 aromatic carbocycles. The van der Waals surface area contributed by atoms with Gasteiger partial charge in [-0.1, -0.05) is 41.9 Å². The molecule has 0 aliphatic carbocycles. The van der Waals surface area contributed by atoms with Crippen molar-refractivity contribution >= 4 is 23.2 Å². The van der Waals surface area contributed by atoms with Gasteiger partial charge < -0.3 is 11.1 Å². The zero-order valence-corrected chi connectivity index (χ0v) is 17.8. The highest BCUT2D eigenvalue weighted by atomic mass is 35.5. The molecule has 28 heavy (non-hydrogen) atoms. The lowest BCUT2D eigenvalue weighted by Gasteiger charge is -2.35. The van der Waals surface area contributed by atoms with Crippen LogP contribution in [0.25, 0.3) is 0 Å². The van der Waals surface area contributed by atoms with Crippen LogP contribution in [-0.4, -0.2) is 29.4 Å². The largest absolute Gasteiger partial charge is 0.398 e. The van der Waals surface area contributed by atoms with Gasteiger partial charge in [-0.15, -0.1) is 0 Å². The van der Waals surface area contributed by atoms with E-state index in [1.165, 1.54) is 0 Å². The Labute approximate surface area is 173 Å². The van der Waals surface area contributed by atoms with Crippen molar-refractivity contribution in [2.75, 3.05) is 12.3 Å². The number of halogens is 1. The van der Waals surface area contributed by atoms with Crippen LogP contribution in [-0.2, 0) is 4.79 Å². The van der Waals surface area contributed by atoms with Crippen LogP contribution in [0, 0.1) is 0 Å². The summed E-state index contributed by atoms with van der Waals surface area (Å²) < 4.78 is 0.